The van der Waals surface area contributed by atoms with Crippen LogP contribution in [0.25, 0.3) is 0 Å². The number of halogens is 2. The van der Waals surface area contributed by atoms with E-state index in [1.807, 2.05) is 0 Å². The summed E-state index contributed by atoms with van der Waals surface area (Å²) in [5.74, 6) is 0. The molecule has 0 aliphatic rings. The van der Waals surface area contributed by atoms with Crippen LogP contribution in [-0.4, -0.2) is 5.54 Å². The van der Waals surface area contributed by atoms with Crippen molar-refractivity contribution in [3.63, 3.8) is 0 Å². The molecule has 0 aromatic carbocycles. The van der Waals surface area contributed by atoms with Gasteiger partial charge in [-0.05, 0) is 6.32 Å². The van der Waals surface area contributed by atoms with Gasteiger partial charge in [-0.2, -0.15) is 22.9 Å². The molecule has 3 heteroatoms. The van der Waals surface area contributed by atoms with Crippen LogP contribution >= 0.6 is 22.9 Å². The molecule has 0 aromatic rings. The van der Waals surface area contributed by atoms with Crippen molar-refractivity contribution in [3.8, 4) is 0 Å². The van der Waals surface area contributed by atoms with Crippen molar-refractivity contribution in [3.05, 3.63) is 0 Å². The Hall–Kier alpha value is 0.645. The van der Waals surface area contributed by atoms with Crippen molar-refractivity contribution < 1.29 is 0 Å². The lowest BCUT2D eigenvalue weighted by Crippen LogP contribution is -1.90. The first-order valence-corrected chi connectivity index (χ1v) is 6.42. The highest BCUT2D eigenvalue weighted by Gasteiger charge is 2.03. The molecular formula is C10H21BCl2. The molecule has 0 aromatic heterocycles. The Balaban J connectivity index is 2.84. The molecule has 0 aliphatic carbocycles. The van der Waals surface area contributed by atoms with Gasteiger partial charge in [0, 0.05) is 0 Å². The van der Waals surface area contributed by atoms with E-state index < -0.39 is 0 Å². The first-order chi connectivity index (χ1) is 6.27. The summed E-state index contributed by atoms with van der Waals surface area (Å²) in [6.07, 6.45) is 11.7. The molecule has 0 amide bonds. The molecule has 0 unspecified atom stereocenters. The lowest BCUT2D eigenvalue weighted by molar-refractivity contribution is 0.585. The van der Waals surface area contributed by atoms with Crippen molar-refractivity contribution in [2.24, 2.45) is 0 Å². The van der Waals surface area contributed by atoms with Gasteiger partial charge >= 0.3 is 5.54 Å². The minimum Gasteiger partial charge on any atom is -0.172 e. The molecule has 0 aliphatic heterocycles. The van der Waals surface area contributed by atoms with Gasteiger partial charge in [-0.1, -0.05) is 58.3 Å². The number of rotatable bonds is 9. The number of hydrogen-bond acceptors (Lipinski definition) is 0. The Morgan fingerprint density at radius 1 is 0.769 bits per heavy atom. The summed E-state index contributed by atoms with van der Waals surface area (Å²) >= 11 is 11.2. The van der Waals surface area contributed by atoms with E-state index in [1.165, 1.54) is 51.4 Å². The van der Waals surface area contributed by atoms with Crippen LogP contribution in [0, 0.1) is 0 Å². The third-order valence-electron chi connectivity index (χ3n) is 2.28. The normalized spacial score (nSPS) is 10.4. The standard InChI is InChI=1S/C10H21BCl2/c1-2-3-4-5-6-7-8-9-10-11(12)13/h2-10H2,1H3. The molecule has 0 saturated heterocycles. The minimum atomic E-state index is -0.153. The van der Waals surface area contributed by atoms with Gasteiger partial charge < -0.3 is 0 Å². The maximum absolute atomic E-state index is 5.62. The fourth-order valence-electron chi connectivity index (χ4n) is 1.43. The predicted octanol–water partition coefficient (Wildman–Crippen LogP) is 5.09. The van der Waals surface area contributed by atoms with E-state index in [1.54, 1.807) is 0 Å². The number of unbranched alkanes of at least 4 members (excludes halogenated alkanes) is 7. The van der Waals surface area contributed by atoms with Gasteiger partial charge in [-0.3, -0.25) is 0 Å². The molecule has 0 spiro atoms. The third-order valence-corrected chi connectivity index (χ3v) is 2.71. The molecule has 0 saturated carbocycles. The predicted molar refractivity (Wildman–Crippen MR) is 64.9 cm³/mol. The highest BCUT2D eigenvalue weighted by atomic mass is 35.5. The van der Waals surface area contributed by atoms with E-state index in [0.717, 1.165) is 6.32 Å². The van der Waals surface area contributed by atoms with E-state index in [2.05, 4.69) is 6.92 Å². The van der Waals surface area contributed by atoms with Crippen molar-refractivity contribution in [2.45, 2.75) is 64.6 Å². The molecule has 0 bridgehead atoms. The maximum atomic E-state index is 5.62. The largest absolute Gasteiger partial charge is 0.351 e. The van der Waals surface area contributed by atoms with Crippen molar-refractivity contribution >= 4 is 28.5 Å². The van der Waals surface area contributed by atoms with Crippen molar-refractivity contribution in [1.82, 2.24) is 0 Å². The third kappa shape index (κ3) is 12.6. The van der Waals surface area contributed by atoms with Gasteiger partial charge in [0.05, 0.1) is 0 Å². The second kappa shape index (κ2) is 10.7. The number of hydrogen-bond donors (Lipinski definition) is 0. The monoisotopic (exact) mass is 222 g/mol. The summed E-state index contributed by atoms with van der Waals surface area (Å²) in [7, 11) is 0. The van der Waals surface area contributed by atoms with Gasteiger partial charge in [0.25, 0.3) is 0 Å². The van der Waals surface area contributed by atoms with Gasteiger partial charge in [-0.25, -0.2) is 0 Å². The average Bonchev–Trinajstić information content (AvgIpc) is 2.09. The average molecular weight is 223 g/mol. The Kier molecular flexibility index (Phi) is 11.3. The van der Waals surface area contributed by atoms with Crippen LogP contribution in [0.4, 0.5) is 0 Å². The van der Waals surface area contributed by atoms with Crippen LogP contribution in [0.5, 0.6) is 0 Å². The van der Waals surface area contributed by atoms with E-state index in [-0.39, 0.29) is 5.54 Å². The molecule has 0 N–H and O–H groups in total. The molecule has 78 valence electrons. The summed E-state index contributed by atoms with van der Waals surface area (Å²) < 4.78 is 0. The molecule has 0 fully saturated rings. The van der Waals surface area contributed by atoms with Gasteiger partial charge in [0.15, 0.2) is 0 Å². The maximum Gasteiger partial charge on any atom is 0.351 e. The fraction of sp³-hybridized carbons (Fsp3) is 1.00. The molecule has 0 radical (unpaired) electrons. The summed E-state index contributed by atoms with van der Waals surface area (Å²) in [6.45, 7) is 2.25. The van der Waals surface area contributed by atoms with Crippen LogP contribution in [0.3, 0.4) is 0 Å². The first-order valence-electron chi connectivity index (χ1n) is 5.55. The van der Waals surface area contributed by atoms with Crippen LogP contribution in [0.1, 0.15) is 58.3 Å². The zero-order valence-electron chi connectivity index (χ0n) is 8.70. The fourth-order valence-corrected chi connectivity index (χ4v) is 1.74. The molecule has 0 heterocycles. The molecular weight excluding hydrogens is 202 g/mol. The SMILES string of the molecule is CCCCCCCCCCB(Cl)Cl. The highest BCUT2D eigenvalue weighted by molar-refractivity contribution is 7.33. The van der Waals surface area contributed by atoms with Crippen LogP contribution in [-0.2, 0) is 0 Å². The topological polar surface area (TPSA) is 0 Å². The molecule has 0 nitrogen and oxygen atoms in total. The van der Waals surface area contributed by atoms with E-state index >= 15 is 0 Å². The summed E-state index contributed by atoms with van der Waals surface area (Å²) in [5.41, 5.74) is -0.153. The van der Waals surface area contributed by atoms with Crippen LogP contribution in [0.2, 0.25) is 6.32 Å². The summed E-state index contributed by atoms with van der Waals surface area (Å²) in [5, 5.41) is 0. The second-order valence-electron chi connectivity index (χ2n) is 3.65. The smallest absolute Gasteiger partial charge is 0.172 e. The lowest BCUT2D eigenvalue weighted by Gasteiger charge is -2.00. The Morgan fingerprint density at radius 2 is 1.23 bits per heavy atom. The quantitative estimate of drug-likeness (QED) is 0.377. The van der Waals surface area contributed by atoms with Crippen molar-refractivity contribution in [2.75, 3.05) is 0 Å². The van der Waals surface area contributed by atoms with Gasteiger partial charge in [-0.15, -0.1) is 0 Å². The minimum absolute atomic E-state index is 0.153. The highest BCUT2D eigenvalue weighted by Crippen LogP contribution is 2.13. The van der Waals surface area contributed by atoms with Crippen LogP contribution < -0.4 is 0 Å². The summed E-state index contributed by atoms with van der Waals surface area (Å²) in [6, 6.07) is 0. The first kappa shape index (κ1) is 13.6. The van der Waals surface area contributed by atoms with E-state index in [4.69, 9.17) is 22.9 Å². The van der Waals surface area contributed by atoms with Crippen LogP contribution in [0.15, 0.2) is 0 Å². The zero-order chi connectivity index (χ0) is 9.94. The van der Waals surface area contributed by atoms with Crippen molar-refractivity contribution in [1.29, 1.82) is 0 Å². The van der Waals surface area contributed by atoms with Gasteiger partial charge in [0.1, 0.15) is 0 Å². The summed E-state index contributed by atoms with van der Waals surface area (Å²) in [4.78, 5) is 0. The Morgan fingerprint density at radius 3 is 1.69 bits per heavy atom. The van der Waals surface area contributed by atoms with E-state index in [9.17, 15) is 0 Å². The molecule has 0 rings (SSSR count). The molecule has 0 atom stereocenters. The Labute approximate surface area is 93.3 Å². The van der Waals surface area contributed by atoms with Gasteiger partial charge in [0.2, 0.25) is 0 Å². The second-order valence-corrected chi connectivity index (χ2v) is 4.93. The Bertz CT molecular complexity index is 96.9. The van der Waals surface area contributed by atoms with E-state index in [0.29, 0.717) is 0 Å². The molecule has 13 heavy (non-hydrogen) atoms. The lowest BCUT2D eigenvalue weighted by atomic mass is 9.95. The zero-order valence-corrected chi connectivity index (χ0v) is 10.2.